The molecule has 0 saturated heterocycles. The van der Waals surface area contributed by atoms with Crippen molar-refractivity contribution in [3.05, 3.63) is 12.2 Å². The summed E-state index contributed by atoms with van der Waals surface area (Å²) in [6.45, 7) is 4.81. The number of aliphatic carboxylic acids is 1. The Hall–Kier alpha value is -0.830. The van der Waals surface area contributed by atoms with Crippen molar-refractivity contribution in [2.75, 3.05) is 0 Å². The SMILES string of the molecule is C=C(C(=O)O)C(C)N. The summed E-state index contributed by atoms with van der Waals surface area (Å²) in [6.07, 6.45) is 0. The second-order valence-electron chi connectivity index (χ2n) is 1.62. The first-order valence-electron chi connectivity index (χ1n) is 2.23. The van der Waals surface area contributed by atoms with Crippen molar-refractivity contribution in [3.8, 4) is 0 Å². The lowest BCUT2D eigenvalue weighted by Gasteiger charge is -2.00. The number of rotatable bonds is 2. The van der Waals surface area contributed by atoms with Gasteiger partial charge in [0.05, 0.1) is 0 Å². The molecule has 0 bridgehead atoms. The van der Waals surface area contributed by atoms with Crippen LogP contribution in [0, 0.1) is 0 Å². The molecule has 0 heterocycles. The van der Waals surface area contributed by atoms with Crippen molar-refractivity contribution in [1.29, 1.82) is 0 Å². The van der Waals surface area contributed by atoms with Gasteiger partial charge in [-0.05, 0) is 6.92 Å². The van der Waals surface area contributed by atoms with Crippen LogP contribution < -0.4 is 5.73 Å². The van der Waals surface area contributed by atoms with Crippen molar-refractivity contribution < 1.29 is 9.90 Å². The molecule has 1 unspecified atom stereocenters. The highest BCUT2D eigenvalue weighted by atomic mass is 16.4. The predicted octanol–water partition coefficient (Wildman–Crippen LogP) is -0.0256. The van der Waals surface area contributed by atoms with E-state index in [1.165, 1.54) is 0 Å². The maximum absolute atomic E-state index is 9.96. The van der Waals surface area contributed by atoms with Crippen LogP contribution in [0.15, 0.2) is 12.2 Å². The summed E-state index contributed by atoms with van der Waals surface area (Å²) < 4.78 is 0. The van der Waals surface area contributed by atoms with Crippen molar-refractivity contribution in [2.45, 2.75) is 13.0 Å². The third kappa shape index (κ3) is 1.75. The number of carboxylic acid groups (broad SMARTS) is 1. The Bertz CT molecular complexity index is 118. The average molecular weight is 115 g/mol. The Morgan fingerprint density at radius 2 is 2.25 bits per heavy atom. The molecular weight excluding hydrogens is 106 g/mol. The smallest absolute Gasteiger partial charge is 0.332 e. The van der Waals surface area contributed by atoms with E-state index in [9.17, 15) is 4.79 Å². The quantitative estimate of drug-likeness (QED) is 0.497. The first kappa shape index (κ1) is 7.17. The van der Waals surface area contributed by atoms with E-state index in [-0.39, 0.29) is 5.57 Å². The van der Waals surface area contributed by atoms with E-state index in [0.29, 0.717) is 0 Å². The van der Waals surface area contributed by atoms with Gasteiger partial charge in [-0.2, -0.15) is 0 Å². The highest BCUT2D eigenvalue weighted by Crippen LogP contribution is 1.92. The average Bonchev–Trinajstić information content (AvgIpc) is 1.64. The third-order valence-corrected chi connectivity index (χ3v) is 0.824. The Balaban J connectivity index is 3.84. The molecule has 0 aromatic carbocycles. The molecule has 0 spiro atoms. The maximum Gasteiger partial charge on any atom is 0.332 e. The summed E-state index contributed by atoms with van der Waals surface area (Å²) in [7, 11) is 0. The minimum atomic E-state index is -1.03. The number of nitrogens with two attached hydrogens (primary N) is 1. The fourth-order valence-electron chi connectivity index (χ4n) is 0.195. The van der Waals surface area contributed by atoms with Crippen LogP contribution in [0.2, 0.25) is 0 Å². The zero-order valence-electron chi connectivity index (χ0n) is 4.72. The number of hydrogen-bond donors (Lipinski definition) is 2. The molecule has 0 radical (unpaired) electrons. The van der Waals surface area contributed by atoms with Gasteiger partial charge in [-0.15, -0.1) is 0 Å². The second-order valence-corrected chi connectivity index (χ2v) is 1.62. The van der Waals surface area contributed by atoms with E-state index in [2.05, 4.69) is 6.58 Å². The van der Waals surface area contributed by atoms with E-state index >= 15 is 0 Å². The zero-order chi connectivity index (χ0) is 6.73. The molecule has 3 nitrogen and oxygen atoms in total. The highest BCUT2D eigenvalue weighted by molar-refractivity contribution is 5.86. The lowest BCUT2D eigenvalue weighted by molar-refractivity contribution is -0.132. The van der Waals surface area contributed by atoms with Crippen LogP contribution in [-0.2, 0) is 4.79 Å². The number of carboxylic acids is 1. The molecule has 0 aliphatic carbocycles. The summed E-state index contributed by atoms with van der Waals surface area (Å²) in [5.41, 5.74) is 5.20. The number of hydrogen-bond acceptors (Lipinski definition) is 2. The zero-order valence-corrected chi connectivity index (χ0v) is 4.72. The fourth-order valence-corrected chi connectivity index (χ4v) is 0.195. The molecule has 0 rings (SSSR count). The largest absolute Gasteiger partial charge is 0.478 e. The van der Waals surface area contributed by atoms with Crippen LogP contribution >= 0.6 is 0 Å². The summed E-state index contributed by atoms with van der Waals surface area (Å²) in [5, 5.41) is 8.17. The van der Waals surface area contributed by atoms with Gasteiger partial charge in [-0.25, -0.2) is 4.79 Å². The van der Waals surface area contributed by atoms with E-state index in [4.69, 9.17) is 10.8 Å². The molecule has 0 aliphatic rings. The van der Waals surface area contributed by atoms with Crippen LogP contribution in [0.1, 0.15) is 6.92 Å². The molecule has 0 aliphatic heterocycles. The van der Waals surface area contributed by atoms with Gasteiger partial charge in [0.25, 0.3) is 0 Å². The Labute approximate surface area is 47.8 Å². The van der Waals surface area contributed by atoms with Gasteiger partial charge in [0.1, 0.15) is 0 Å². The van der Waals surface area contributed by atoms with Gasteiger partial charge >= 0.3 is 5.97 Å². The van der Waals surface area contributed by atoms with Crippen LogP contribution in [0.4, 0.5) is 0 Å². The van der Waals surface area contributed by atoms with Crippen molar-refractivity contribution in [2.24, 2.45) is 5.73 Å². The summed E-state index contributed by atoms with van der Waals surface area (Å²) in [6, 6.07) is -0.451. The first-order chi connectivity index (χ1) is 3.55. The molecule has 0 aromatic rings. The van der Waals surface area contributed by atoms with Gasteiger partial charge in [0.15, 0.2) is 0 Å². The molecular formula is C5H9NO2. The van der Waals surface area contributed by atoms with Crippen LogP contribution in [-0.4, -0.2) is 17.1 Å². The van der Waals surface area contributed by atoms with Gasteiger partial charge in [0, 0.05) is 11.6 Å². The maximum atomic E-state index is 9.96. The van der Waals surface area contributed by atoms with Crippen molar-refractivity contribution >= 4 is 5.97 Å². The molecule has 0 amide bonds. The lowest BCUT2D eigenvalue weighted by Crippen LogP contribution is -2.22. The summed E-state index contributed by atoms with van der Waals surface area (Å²) >= 11 is 0. The van der Waals surface area contributed by atoms with Crippen molar-refractivity contribution in [3.63, 3.8) is 0 Å². The molecule has 3 N–H and O–H groups in total. The molecule has 8 heavy (non-hydrogen) atoms. The van der Waals surface area contributed by atoms with E-state index < -0.39 is 12.0 Å². The van der Waals surface area contributed by atoms with Gasteiger partial charge < -0.3 is 10.8 Å². The highest BCUT2D eigenvalue weighted by Gasteiger charge is 2.06. The molecule has 1 atom stereocenters. The standard InChI is InChI=1S/C5H9NO2/c1-3(4(2)6)5(7)8/h4H,1,6H2,2H3,(H,7,8). The summed E-state index contributed by atoms with van der Waals surface area (Å²) in [5.74, 6) is -1.03. The van der Waals surface area contributed by atoms with Gasteiger partial charge in [-0.1, -0.05) is 6.58 Å². The molecule has 46 valence electrons. The predicted molar refractivity (Wildman–Crippen MR) is 30.4 cm³/mol. The van der Waals surface area contributed by atoms with Crippen LogP contribution in [0.5, 0.6) is 0 Å². The minimum absolute atomic E-state index is 0.0463. The molecule has 0 aromatic heterocycles. The molecule has 0 saturated carbocycles. The third-order valence-electron chi connectivity index (χ3n) is 0.824. The Morgan fingerprint density at radius 1 is 1.88 bits per heavy atom. The first-order valence-corrected chi connectivity index (χ1v) is 2.23. The van der Waals surface area contributed by atoms with Crippen LogP contribution in [0.3, 0.4) is 0 Å². The topological polar surface area (TPSA) is 63.3 Å². The lowest BCUT2D eigenvalue weighted by atomic mass is 10.2. The Morgan fingerprint density at radius 3 is 2.25 bits per heavy atom. The summed E-state index contributed by atoms with van der Waals surface area (Å²) in [4.78, 5) is 9.96. The number of carbonyl (C=O) groups is 1. The van der Waals surface area contributed by atoms with Crippen molar-refractivity contribution in [1.82, 2.24) is 0 Å². The minimum Gasteiger partial charge on any atom is -0.478 e. The normalized spacial score (nSPS) is 12.8. The van der Waals surface area contributed by atoms with Gasteiger partial charge in [-0.3, -0.25) is 0 Å². The monoisotopic (exact) mass is 115 g/mol. The van der Waals surface area contributed by atoms with E-state index in [1.54, 1.807) is 6.92 Å². The Kier molecular flexibility index (Phi) is 2.21. The second kappa shape index (κ2) is 2.47. The van der Waals surface area contributed by atoms with E-state index in [0.717, 1.165) is 0 Å². The van der Waals surface area contributed by atoms with E-state index in [1.807, 2.05) is 0 Å². The fraction of sp³-hybridized carbons (Fsp3) is 0.400. The molecule has 0 fully saturated rings. The van der Waals surface area contributed by atoms with Crippen LogP contribution in [0.25, 0.3) is 0 Å². The molecule has 3 heteroatoms. The van der Waals surface area contributed by atoms with Gasteiger partial charge in [0.2, 0.25) is 0 Å².